The van der Waals surface area contributed by atoms with Gasteiger partial charge in [0.05, 0.1) is 6.54 Å². The van der Waals surface area contributed by atoms with Crippen LogP contribution in [0.15, 0.2) is 0 Å². The topological polar surface area (TPSA) is 55.9 Å². The quantitative estimate of drug-likeness (QED) is 0.673. The smallest absolute Gasteiger partial charge is 0.242 e. The average molecular weight is 256 g/mol. The maximum absolute atomic E-state index is 11.9. The molecule has 1 rings (SSSR count). The predicted octanol–water partition coefficient (Wildman–Crippen LogP) is -1.17. The molecule has 0 unspecified atom stereocenters. The third-order valence-electron chi connectivity index (χ3n) is 3.04. The van der Waals surface area contributed by atoms with E-state index in [-0.39, 0.29) is 18.4 Å². The molecule has 0 aliphatic carbocycles. The molecule has 0 radical (unpaired) electrons. The lowest BCUT2D eigenvalue weighted by Crippen LogP contribution is -2.49. The van der Waals surface area contributed by atoms with Crippen LogP contribution in [0.3, 0.4) is 0 Å². The second-order valence-electron chi connectivity index (χ2n) is 4.93. The molecule has 1 saturated heterocycles. The number of carbonyl (C=O) groups is 2. The van der Waals surface area contributed by atoms with Crippen LogP contribution in [0.5, 0.6) is 0 Å². The molecule has 1 heterocycles. The minimum Gasteiger partial charge on any atom is -0.339 e. The zero-order valence-electron chi connectivity index (χ0n) is 11.6. The van der Waals surface area contributed by atoms with Crippen molar-refractivity contribution in [2.75, 3.05) is 60.4 Å². The van der Waals surface area contributed by atoms with Crippen LogP contribution in [0, 0.1) is 0 Å². The van der Waals surface area contributed by atoms with Crippen molar-refractivity contribution in [3.8, 4) is 0 Å². The third kappa shape index (κ3) is 5.01. The van der Waals surface area contributed by atoms with E-state index in [2.05, 4.69) is 5.32 Å². The lowest BCUT2D eigenvalue weighted by molar-refractivity contribution is -0.139. The Bertz CT molecular complexity index is 288. The summed E-state index contributed by atoms with van der Waals surface area (Å²) in [7, 11) is 5.55. The van der Waals surface area contributed by atoms with E-state index in [0.717, 1.165) is 26.2 Å². The molecule has 1 aliphatic heterocycles. The van der Waals surface area contributed by atoms with E-state index in [1.54, 1.807) is 7.05 Å². The first-order chi connectivity index (χ1) is 8.50. The maximum atomic E-state index is 11.9. The third-order valence-corrected chi connectivity index (χ3v) is 3.04. The summed E-state index contributed by atoms with van der Waals surface area (Å²) < 4.78 is 0. The summed E-state index contributed by atoms with van der Waals surface area (Å²) in [5.74, 6) is 0.0596. The SMILES string of the molecule is CN(C)CCC(=O)N(C)CC(=O)N1CCNCC1. The van der Waals surface area contributed by atoms with Crippen LogP contribution in [0.25, 0.3) is 0 Å². The summed E-state index contributed by atoms with van der Waals surface area (Å²) in [5.41, 5.74) is 0. The second kappa shape index (κ2) is 7.33. The first kappa shape index (κ1) is 14.9. The number of nitrogens with one attached hydrogen (secondary N) is 1. The van der Waals surface area contributed by atoms with Gasteiger partial charge in [-0.05, 0) is 14.1 Å². The van der Waals surface area contributed by atoms with Gasteiger partial charge in [0.25, 0.3) is 0 Å². The highest BCUT2D eigenvalue weighted by Gasteiger charge is 2.19. The maximum Gasteiger partial charge on any atom is 0.242 e. The highest BCUT2D eigenvalue weighted by molar-refractivity contribution is 5.84. The zero-order valence-corrected chi connectivity index (χ0v) is 11.6. The molecule has 1 fully saturated rings. The monoisotopic (exact) mass is 256 g/mol. The van der Waals surface area contributed by atoms with Crippen molar-refractivity contribution >= 4 is 11.8 Å². The average Bonchev–Trinajstić information content (AvgIpc) is 2.36. The van der Waals surface area contributed by atoms with Gasteiger partial charge in [0.2, 0.25) is 11.8 Å². The highest BCUT2D eigenvalue weighted by atomic mass is 16.2. The molecule has 6 nitrogen and oxygen atoms in total. The Morgan fingerprint density at radius 1 is 1.17 bits per heavy atom. The first-order valence-corrected chi connectivity index (χ1v) is 6.38. The zero-order chi connectivity index (χ0) is 13.5. The standard InChI is InChI=1S/C12H24N4O2/c1-14(2)7-4-11(17)15(3)10-12(18)16-8-5-13-6-9-16/h13H,4-10H2,1-3H3. The molecule has 0 aromatic heterocycles. The van der Waals surface area contributed by atoms with Crippen molar-refractivity contribution in [2.24, 2.45) is 0 Å². The van der Waals surface area contributed by atoms with Crippen LogP contribution in [0.4, 0.5) is 0 Å². The molecule has 0 spiro atoms. The summed E-state index contributed by atoms with van der Waals surface area (Å²) in [4.78, 5) is 29.0. The minimum atomic E-state index is 0.0205. The normalized spacial score (nSPS) is 15.9. The van der Waals surface area contributed by atoms with Crippen molar-refractivity contribution in [1.82, 2.24) is 20.0 Å². The number of likely N-dealkylation sites (N-methyl/N-ethyl adjacent to an activating group) is 1. The fourth-order valence-corrected chi connectivity index (χ4v) is 1.82. The van der Waals surface area contributed by atoms with Gasteiger partial charge in [-0.1, -0.05) is 0 Å². The largest absolute Gasteiger partial charge is 0.339 e. The Kier molecular flexibility index (Phi) is 6.07. The molecular weight excluding hydrogens is 232 g/mol. The van der Waals surface area contributed by atoms with Gasteiger partial charge < -0.3 is 20.0 Å². The minimum absolute atomic E-state index is 0.0205. The molecule has 18 heavy (non-hydrogen) atoms. The Balaban J connectivity index is 2.31. The fraction of sp³-hybridized carbons (Fsp3) is 0.833. The molecule has 1 N–H and O–H groups in total. The summed E-state index contributed by atoms with van der Waals surface area (Å²) >= 11 is 0. The number of rotatable bonds is 5. The van der Waals surface area contributed by atoms with Gasteiger partial charge in [0.1, 0.15) is 0 Å². The molecule has 0 aromatic rings. The van der Waals surface area contributed by atoms with Gasteiger partial charge in [-0.3, -0.25) is 9.59 Å². The van der Waals surface area contributed by atoms with E-state index in [9.17, 15) is 9.59 Å². The van der Waals surface area contributed by atoms with E-state index < -0.39 is 0 Å². The molecule has 104 valence electrons. The van der Waals surface area contributed by atoms with Gasteiger partial charge in [0.15, 0.2) is 0 Å². The summed E-state index contributed by atoms with van der Waals surface area (Å²) in [6, 6.07) is 0. The Hall–Kier alpha value is -1.14. The predicted molar refractivity (Wildman–Crippen MR) is 70.3 cm³/mol. The molecule has 6 heteroatoms. The first-order valence-electron chi connectivity index (χ1n) is 6.38. The van der Waals surface area contributed by atoms with Gasteiger partial charge in [-0.2, -0.15) is 0 Å². The number of hydrogen-bond donors (Lipinski definition) is 1. The van der Waals surface area contributed by atoms with E-state index in [4.69, 9.17) is 0 Å². The lowest BCUT2D eigenvalue weighted by Gasteiger charge is -2.29. The van der Waals surface area contributed by atoms with E-state index >= 15 is 0 Å². The van der Waals surface area contributed by atoms with Gasteiger partial charge >= 0.3 is 0 Å². The highest BCUT2D eigenvalue weighted by Crippen LogP contribution is 1.98. The number of hydrogen-bond acceptors (Lipinski definition) is 4. The Labute approximate surface area is 109 Å². The van der Waals surface area contributed by atoms with Crippen molar-refractivity contribution in [1.29, 1.82) is 0 Å². The summed E-state index contributed by atoms with van der Waals surface area (Å²) in [6.07, 6.45) is 0.457. The molecule has 1 aliphatic rings. The number of nitrogens with zero attached hydrogens (tertiary/aromatic N) is 3. The Morgan fingerprint density at radius 3 is 2.33 bits per heavy atom. The van der Waals surface area contributed by atoms with Crippen LogP contribution < -0.4 is 5.32 Å². The molecular formula is C12H24N4O2. The van der Waals surface area contributed by atoms with E-state index in [1.807, 2.05) is 23.9 Å². The van der Waals surface area contributed by atoms with Gasteiger partial charge in [-0.25, -0.2) is 0 Å². The number of piperazine rings is 1. The van der Waals surface area contributed by atoms with Crippen LogP contribution in [-0.2, 0) is 9.59 Å². The van der Waals surface area contributed by atoms with Crippen LogP contribution in [0.1, 0.15) is 6.42 Å². The summed E-state index contributed by atoms with van der Waals surface area (Å²) in [5, 5.41) is 3.20. The molecule has 0 saturated carbocycles. The van der Waals surface area contributed by atoms with Gasteiger partial charge in [0, 0.05) is 46.2 Å². The van der Waals surface area contributed by atoms with Gasteiger partial charge in [-0.15, -0.1) is 0 Å². The molecule has 2 amide bonds. The van der Waals surface area contributed by atoms with E-state index in [0.29, 0.717) is 13.0 Å². The van der Waals surface area contributed by atoms with Crippen molar-refractivity contribution in [3.63, 3.8) is 0 Å². The van der Waals surface area contributed by atoms with E-state index in [1.165, 1.54) is 4.90 Å². The van der Waals surface area contributed by atoms with Crippen LogP contribution >= 0.6 is 0 Å². The second-order valence-corrected chi connectivity index (χ2v) is 4.93. The number of amides is 2. The number of carbonyl (C=O) groups excluding carboxylic acids is 2. The molecule has 0 bridgehead atoms. The Morgan fingerprint density at radius 2 is 1.78 bits per heavy atom. The van der Waals surface area contributed by atoms with Crippen LogP contribution in [0.2, 0.25) is 0 Å². The van der Waals surface area contributed by atoms with Crippen molar-refractivity contribution in [2.45, 2.75) is 6.42 Å². The summed E-state index contributed by atoms with van der Waals surface area (Å²) in [6.45, 7) is 4.04. The van der Waals surface area contributed by atoms with Crippen LogP contribution in [-0.4, -0.2) is 86.9 Å². The lowest BCUT2D eigenvalue weighted by atomic mass is 10.3. The molecule has 0 atom stereocenters. The molecule has 0 aromatic carbocycles. The van der Waals surface area contributed by atoms with Crippen molar-refractivity contribution in [3.05, 3.63) is 0 Å². The van der Waals surface area contributed by atoms with Crippen molar-refractivity contribution < 1.29 is 9.59 Å². The fourth-order valence-electron chi connectivity index (χ4n) is 1.82.